The molecule has 1 aliphatic heterocycles. The van der Waals surface area contributed by atoms with Crippen LogP contribution in [0.25, 0.3) is 0 Å². The Morgan fingerprint density at radius 3 is 2.12 bits per heavy atom. The van der Waals surface area contributed by atoms with Gasteiger partial charge < -0.3 is 24.4 Å². The summed E-state index contributed by atoms with van der Waals surface area (Å²) in [4.78, 5) is 11.8. The molecule has 0 radical (unpaired) electrons. The second-order valence-corrected chi connectivity index (χ2v) is 8.92. The molecule has 5 rings (SSSR count). The van der Waals surface area contributed by atoms with Crippen LogP contribution in [0.4, 0.5) is 8.78 Å². The third kappa shape index (κ3) is 2.68. The highest BCUT2D eigenvalue weighted by molar-refractivity contribution is 5.77. The highest BCUT2D eigenvalue weighted by atomic mass is 19.3. The number of ether oxygens (including phenoxy) is 3. The molecule has 1 spiro atoms. The van der Waals surface area contributed by atoms with E-state index in [1.807, 2.05) is 0 Å². The van der Waals surface area contributed by atoms with Gasteiger partial charge in [-0.3, -0.25) is 0 Å². The van der Waals surface area contributed by atoms with E-state index in [-0.39, 0.29) is 38.3 Å². The lowest BCUT2D eigenvalue weighted by atomic mass is 9.51. The van der Waals surface area contributed by atoms with Gasteiger partial charge in [-0.2, -0.15) is 8.78 Å². The summed E-state index contributed by atoms with van der Waals surface area (Å²) in [5.74, 6) is -5.55. The zero-order valence-corrected chi connectivity index (χ0v) is 14.9. The minimum Gasteiger partial charge on any atom is -0.455 e. The van der Waals surface area contributed by atoms with E-state index in [4.69, 9.17) is 14.2 Å². The van der Waals surface area contributed by atoms with Gasteiger partial charge >= 0.3 is 11.9 Å². The molecule has 4 aliphatic carbocycles. The van der Waals surface area contributed by atoms with Gasteiger partial charge in [0.1, 0.15) is 5.60 Å². The van der Waals surface area contributed by atoms with Crippen molar-refractivity contribution in [3.63, 3.8) is 0 Å². The first kappa shape index (κ1) is 18.5. The van der Waals surface area contributed by atoms with Crippen molar-refractivity contribution in [3.8, 4) is 0 Å². The number of halogens is 2. The number of aliphatic hydroxyl groups excluding tert-OH is 2. The highest BCUT2D eigenvalue weighted by Gasteiger charge is 2.67. The molecule has 4 bridgehead atoms. The Morgan fingerprint density at radius 1 is 1.12 bits per heavy atom. The first-order valence-electron chi connectivity index (χ1n) is 9.27. The van der Waals surface area contributed by atoms with Gasteiger partial charge in [-0.05, 0) is 38.0 Å². The Balaban J connectivity index is 1.53. The molecule has 2 unspecified atom stereocenters. The van der Waals surface area contributed by atoms with Crippen molar-refractivity contribution < 1.29 is 38.0 Å². The molecule has 5 fully saturated rings. The average molecular weight is 376 g/mol. The summed E-state index contributed by atoms with van der Waals surface area (Å²) in [5.41, 5.74) is -1.66. The molecule has 6 nitrogen and oxygen atoms in total. The molecular weight excluding hydrogens is 350 g/mol. The molecule has 4 saturated carbocycles. The van der Waals surface area contributed by atoms with Crippen molar-refractivity contribution in [2.45, 2.75) is 56.3 Å². The zero-order chi connectivity index (χ0) is 18.8. The summed E-state index contributed by atoms with van der Waals surface area (Å²) in [6, 6.07) is 0. The molecule has 1 heterocycles. The largest absolute Gasteiger partial charge is 0.455 e. The normalized spacial score (nSPS) is 40.0. The summed E-state index contributed by atoms with van der Waals surface area (Å²) < 4.78 is 44.3. The van der Waals surface area contributed by atoms with Crippen LogP contribution in [-0.4, -0.2) is 59.9 Å². The maximum Gasteiger partial charge on any atom is 0.377 e. The van der Waals surface area contributed by atoms with Gasteiger partial charge in [-0.1, -0.05) is 0 Å². The van der Waals surface area contributed by atoms with Crippen LogP contribution in [0.1, 0.15) is 39.0 Å². The maximum atomic E-state index is 13.3. The fourth-order valence-electron chi connectivity index (χ4n) is 5.59. The maximum absolute atomic E-state index is 13.3. The second kappa shape index (κ2) is 5.83. The van der Waals surface area contributed by atoms with E-state index < -0.39 is 28.7 Å². The van der Waals surface area contributed by atoms with E-state index in [0.717, 1.165) is 12.8 Å². The number of alkyl halides is 2. The molecule has 0 aromatic carbocycles. The second-order valence-electron chi connectivity index (χ2n) is 8.92. The third-order valence-electron chi connectivity index (χ3n) is 6.82. The number of hydrogen-bond acceptors (Lipinski definition) is 6. The molecule has 2 N–H and O–H groups in total. The number of carbonyl (C=O) groups excluding carboxylic acids is 1. The van der Waals surface area contributed by atoms with Gasteiger partial charge in [0.2, 0.25) is 0 Å². The van der Waals surface area contributed by atoms with Crippen LogP contribution in [0.15, 0.2) is 0 Å². The lowest BCUT2D eigenvalue weighted by Crippen LogP contribution is -2.69. The summed E-state index contributed by atoms with van der Waals surface area (Å²) in [6.07, 6.45) is 3.22. The summed E-state index contributed by atoms with van der Waals surface area (Å²) in [5, 5.41) is 19.1. The summed E-state index contributed by atoms with van der Waals surface area (Å²) >= 11 is 0. The molecule has 0 aromatic rings. The van der Waals surface area contributed by atoms with E-state index in [2.05, 4.69) is 0 Å². The van der Waals surface area contributed by atoms with Crippen molar-refractivity contribution in [1.29, 1.82) is 0 Å². The number of rotatable bonds is 4. The van der Waals surface area contributed by atoms with Crippen LogP contribution in [-0.2, 0) is 19.0 Å². The molecule has 1 saturated heterocycles. The Bertz CT molecular complexity index is 557. The first-order valence-corrected chi connectivity index (χ1v) is 9.27. The van der Waals surface area contributed by atoms with E-state index in [1.165, 1.54) is 0 Å². The topological polar surface area (TPSA) is 85.2 Å². The van der Waals surface area contributed by atoms with E-state index >= 15 is 0 Å². The molecule has 26 heavy (non-hydrogen) atoms. The predicted octanol–water partition coefficient (Wildman–Crippen LogP) is 1.48. The van der Waals surface area contributed by atoms with E-state index in [0.29, 0.717) is 32.1 Å². The highest BCUT2D eigenvalue weighted by Crippen LogP contribution is 2.63. The lowest BCUT2D eigenvalue weighted by molar-refractivity contribution is -0.397. The number of carbonyl (C=O) groups is 1. The number of hydrogen-bond donors (Lipinski definition) is 2. The van der Waals surface area contributed by atoms with Gasteiger partial charge in [0.05, 0.1) is 31.8 Å². The van der Waals surface area contributed by atoms with Gasteiger partial charge in [-0.15, -0.1) is 0 Å². The molecular formula is C18H26F2O6. The van der Waals surface area contributed by atoms with E-state index in [1.54, 1.807) is 0 Å². The number of aliphatic hydroxyl groups is 2. The molecule has 2 atom stereocenters. The Hall–Kier alpha value is -0.830. The Kier molecular flexibility index (Phi) is 4.16. The SMILES string of the molecule is CC(F)(F)C(=O)OC12CC3CC(C1)C1(OCC(CO)(CO)CO1)C(C3)C2. The van der Waals surface area contributed by atoms with Crippen LogP contribution in [0.3, 0.4) is 0 Å². The van der Waals surface area contributed by atoms with Crippen LogP contribution in [0.2, 0.25) is 0 Å². The van der Waals surface area contributed by atoms with Crippen LogP contribution < -0.4 is 0 Å². The Labute approximate surface area is 150 Å². The zero-order valence-electron chi connectivity index (χ0n) is 14.9. The van der Waals surface area contributed by atoms with Crippen molar-refractivity contribution in [3.05, 3.63) is 0 Å². The molecule has 148 valence electrons. The predicted molar refractivity (Wildman–Crippen MR) is 84.2 cm³/mol. The summed E-state index contributed by atoms with van der Waals surface area (Å²) in [6.45, 7) is 0.484. The summed E-state index contributed by atoms with van der Waals surface area (Å²) in [7, 11) is 0. The average Bonchev–Trinajstić information content (AvgIpc) is 2.58. The molecule has 0 aromatic heterocycles. The van der Waals surface area contributed by atoms with Gasteiger partial charge in [-0.25, -0.2) is 4.79 Å². The lowest BCUT2D eigenvalue weighted by Gasteiger charge is -2.65. The minimum absolute atomic E-state index is 0.0394. The quantitative estimate of drug-likeness (QED) is 0.723. The van der Waals surface area contributed by atoms with E-state index in [9.17, 15) is 23.8 Å². The van der Waals surface area contributed by atoms with Crippen molar-refractivity contribution >= 4 is 5.97 Å². The van der Waals surface area contributed by atoms with Crippen LogP contribution >= 0.6 is 0 Å². The third-order valence-corrected chi connectivity index (χ3v) is 6.82. The molecule has 5 aliphatic rings. The molecule has 8 heteroatoms. The van der Waals surface area contributed by atoms with Gasteiger partial charge in [0, 0.05) is 18.8 Å². The first-order chi connectivity index (χ1) is 12.2. The molecule has 0 amide bonds. The van der Waals surface area contributed by atoms with Gasteiger partial charge in [0.15, 0.2) is 5.79 Å². The monoisotopic (exact) mass is 376 g/mol. The fourth-order valence-corrected chi connectivity index (χ4v) is 5.59. The smallest absolute Gasteiger partial charge is 0.377 e. The fraction of sp³-hybridized carbons (Fsp3) is 0.944. The standard InChI is InChI=1S/C18H26F2O6/c1-15(19,20)14(23)26-17-4-11-2-12(5-17)18(13(3-11)6-17)24-9-16(7-21,8-22)10-25-18/h11-13,21-22H,2-10H2,1H3. The van der Waals surface area contributed by atoms with Crippen LogP contribution in [0.5, 0.6) is 0 Å². The van der Waals surface area contributed by atoms with Crippen LogP contribution in [0, 0.1) is 23.2 Å². The number of esters is 1. The van der Waals surface area contributed by atoms with Crippen molar-refractivity contribution in [2.24, 2.45) is 23.2 Å². The van der Waals surface area contributed by atoms with Crippen molar-refractivity contribution in [1.82, 2.24) is 0 Å². The Morgan fingerprint density at radius 2 is 1.65 bits per heavy atom. The van der Waals surface area contributed by atoms with Gasteiger partial charge in [0.25, 0.3) is 0 Å². The minimum atomic E-state index is -3.50. The van der Waals surface area contributed by atoms with Crippen molar-refractivity contribution in [2.75, 3.05) is 26.4 Å².